The molecule has 2 aromatic heterocycles. The average molecular weight is 483 g/mol. The predicted octanol–water partition coefficient (Wildman–Crippen LogP) is 3.76. The lowest BCUT2D eigenvalue weighted by Gasteiger charge is -2.00. The Balaban J connectivity index is 1.65. The fraction of sp³-hybridized carbons (Fsp3) is 0.0435. The van der Waals surface area contributed by atoms with Crippen LogP contribution in [0.2, 0.25) is 5.02 Å². The number of furan rings is 1. The Morgan fingerprint density at radius 1 is 1.18 bits per heavy atom. The molecular formula is C23H15ClN2O6S. The lowest BCUT2D eigenvalue weighted by Crippen LogP contribution is -2.19. The maximum absolute atomic E-state index is 12.5. The summed E-state index contributed by atoms with van der Waals surface area (Å²) in [6.07, 6.45) is 2.85. The summed E-state index contributed by atoms with van der Waals surface area (Å²) in [7, 11) is 1.54. The first-order chi connectivity index (χ1) is 15.8. The molecule has 2 heterocycles. The van der Waals surface area contributed by atoms with Crippen molar-refractivity contribution in [2.75, 3.05) is 7.11 Å². The molecule has 0 saturated heterocycles. The van der Waals surface area contributed by atoms with Gasteiger partial charge in [-0.25, -0.2) is 0 Å². The molecular weight excluding hydrogens is 468 g/mol. The highest BCUT2D eigenvalue weighted by Gasteiger charge is 2.18. The van der Waals surface area contributed by atoms with E-state index in [1.54, 1.807) is 36.4 Å². The number of H-pyrrole nitrogens is 1. The third-order valence-electron chi connectivity index (χ3n) is 4.64. The molecule has 4 aromatic rings. The number of aromatic amines is 1. The minimum absolute atomic E-state index is 0.189. The normalized spacial score (nSPS) is 12.2. The van der Waals surface area contributed by atoms with Crippen LogP contribution in [-0.4, -0.2) is 22.8 Å². The van der Waals surface area contributed by atoms with Crippen LogP contribution in [0.15, 0.2) is 63.8 Å². The van der Waals surface area contributed by atoms with Gasteiger partial charge in [0.1, 0.15) is 17.3 Å². The number of benzene rings is 2. The van der Waals surface area contributed by atoms with Gasteiger partial charge in [0.2, 0.25) is 0 Å². The Labute approximate surface area is 195 Å². The number of aromatic nitrogens is 1. The molecule has 0 aliphatic heterocycles. The Morgan fingerprint density at radius 2 is 1.94 bits per heavy atom. The SMILES string of the molecule is COc1ccc(C(=O)/C=c2\[nH]c(=O)/c(=C\c3ccc(-c4ccc(Cl)cc4[N+](=O)[O-])o3)s2)cc1. The number of carbonyl (C=O) groups is 1. The van der Waals surface area contributed by atoms with Crippen LogP contribution in [0.3, 0.4) is 0 Å². The van der Waals surface area contributed by atoms with Gasteiger partial charge >= 0.3 is 0 Å². The molecule has 166 valence electrons. The van der Waals surface area contributed by atoms with E-state index in [0.29, 0.717) is 26.3 Å². The summed E-state index contributed by atoms with van der Waals surface area (Å²) >= 11 is 6.95. The number of nitrogens with one attached hydrogen (secondary N) is 1. The number of ketones is 1. The monoisotopic (exact) mass is 482 g/mol. The largest absolute Gasteiger partial charge is 0.497 e. The van der Waals surface area contributed by atoms with Crippen LogP contribution >= 0.6 is 22.9 Å². The maximum atomic E-state index is 12.5. The molecule has 33 heavy (non-hydrogen) atoms. The van der Waals surface area contributed by atoms with Gasteiger partial charge in [-0.3, -0.25) is 19.7 Å². The van der Waals surface area contributed by atoms with E-state index in [1.807, 2.05) is 0 Å². The minimum atomic E-state index is -0.543. The number of ether oxygens (including phenoxy) is 1. The van der Waals surface area contributed by atoms with Gasteiger partial charge in [0.25, 0.3) is 11.2 Å². The summed E-state index contributed by atoms with van der Waals surface area (Å²) in [5, 5.41) is 11.6. The van der Waals surface area contributed by atoms with E-state index in [4.69, 9.17) is 20.8 Å². The Bertz CT molecular complexity index is 1530. The van der Waals surface area contributed by atoms with E-state index >= 15 is 0 Å². The van der Waals surface area contributed by atoms with Crippen LogP contribution in [0.4, 0.5) is 5.69 Å². The molecule has 0 amide bonds. The smallest absolute Gasteiger partial charge is 0.281 e. The zero-order valence-corrected chi connectivity index (χ0v) is 18.6. The molecule has 4 rings (SSSR count). The Morgan fingerprint density at radius 3 is 2.64 bits per heavy atom. The predicted molar refractivity (Wildman–Crippen MR) is 125 cm³/mol. The van der Waals surface area contributed by atoms with Gasteiger partial charge in [0.05, 0.1) is 26.8 Å². The molecule has 0 saturated carbocycles. The summed E-state index contributed by atoms with van der Waals surface area (Å²) in [5.41, 5.74) is 0.148. The van der Waals surface area contributed by atoms with Gasteiger partial charge in [-0.15, -0.1) is 11.3 Å². The van der Waals surface area contributed by atoms with Gasteiger partial charge in [0, 0.05) is 28.8 Å². The number of hydrogen-bond acceptors (Lipinski definition) is 7. The third-order valence-corrected chi connectivity index (χ3v) is 5.84. The summed E-state index contributed by atoms with van der Waals surface area (Å²) < 4.78 is 11.5. The summed E-state index contributed by atoms with van der Waals surface area (Å²) in [5.74, 6) is 0.959. The quantitative estimate of drug-likeness (QED) is 0.254. The van der Waals surface area contributed by atoms with E-state index in [0.717, 1.165) is 11.3 Å². The van der Waals surface area contributed by atoms with Gasteiger partial charge in [-0.05, 0) is 48.5 Å². The van der Waals surface area contributed by atoms with E-state index in [-0.39, 0.29) is 33.4 Å². The summed E-state index contributed by atoms with van der Waals surface area (Å²) in [6.45, 7) is 0. The highest BCUT2D eigenvalue weighted by molar-refractivity contribution is 7.07. The zero-order chi connectivity index (χ0) is 23.5. The number of hydrogen-bond donors (Lipinski definition) is 1. The molecule has 0 radical (unpaired) electrons. The van der Waals surface area contributed by atoms with Crippen molar-refractivity contribution in [1.82, 2.24) is 4.98 Å². The van der Waals surface area contributed by atoms with Gasteiger partial charge in [-0.2, -0.15) is 0 Å². The second kappa shape index (κ2) is 9.27. The molecule has 10 heteroatoms. The highest BCUT2D eigenvalue weighted by atomic mass is 35.5. The van der Waals surface area contributed by atoms with Gasteiger partial charge in [-0.1, -0.05) is 11.6 Å². The van der Waals surface area contributed by atoms with Crippen LogP contribution < -0.4 is 19.5 Å². The van der Waals surface area contributed by atoms with Crippen LogP contribution in [0.1, 0.15) is 16.1 Å². The molecule has 0 bridgehead atoms. The molecule has 0 atom stereocenters. The molecule has 0 aliphatic carbocycles. The molecule has 8 nitrogen and oxygen atoms in total. The number of nitrogens with zero attached hydrogens (tertiary/aromatic N) is 1. The fourth-order valence-corrected chi connectivity index (χ4v) is 4.08. The van der Waals surface area contributed by atoms with Gasteiger partial charge < -0.3 is 14.1 Å². The molecule has 2 aromatic carbocycles. The highest BCUT2D eigenvalue weighted by Crippen LogP contribution is 2.33. The van der Waals surface area contributed by atoms with Crippen LogP contribution in [0.25, 0.3) is 23.5 Å². The van der Waals surface area contributed by atoms with Crippen LogP contribution in [0, 0.1) is 10.1 Å². The number of nitro benzene ring substituents is 1. The van der Waals surface area contributed by atoms with Crippen molar-refractivity contribution < 1.29 is 18.9 Å². The van der Waals surface area contributed by atoms with Crippen molar-refractivity contribution >= 4 is 46.6 Å². The van der Waals surface area contributed by atoms with Crippen molar-refractivity contribution in [3.63, 3.8) is 0 Å². The summed E-state index contributed by atoms with van der Waals surface area (Å²) in [4.78, 5) is 38.2. The van der Waals surface area contributed by atoms with E-state index < -0.39 is 4.92 Å². The number of methoxy groups -OCH3 is 1. The van der Waals surface area contributed by atoms with Crippen molar-refractivity contribution in [3.05, 3.63) is 101 Å². The third kappa shape index (κ3) is 4.94. The lowest BCUT2D eigenvalue weighted by atomic mass is 10.1. The number of carbonyl (C=O) groups excluding carboxylic acids is 1. The van der Waals surface area contributed by atoms with Crippen molar-refractivity contribution in [1.29, 1.82) is 0 Å². The van der Waals surface area contributed by atoms with Crippen molar-refractivity contribution in [3.8, 4) is 17.1 Å². The number of nitro groups is 1. The minimum Gasteiger partial charge on any atom is -0.497 e. The van der Waals surface area contributed by atoms with E-state index in [2.05, 4.69) is 4.98 Å². The topological polar surface area (TPSA) is 115 Å². The first-order valence-electron chi connectivity index (χ1n) is 9.49. The Hall–Kier alpha value is -3.95. The fourth-order valence-electron chi connectivity index (χ4n) is 3.05. The van der Waals surface area contributed by atoms with Crippen molar-refractivity contribution in [2.45, 2.75) is 0 Å². The zero-order valence-electron chi connectivity index (χ0n) is 17.0. The maximum Gasteiger partial charge on any atom is 0.281 e. The van der Waals surface area contributed by atoms with E-state index in [1.165, 1.54) is 37.5 Å². The average Bonchev–Trinajstić information content (AvgIpc) is 3.40. The summed E-state index contributed by atoms with van der Waals surface area (Å²) in [6, 6.07) is 14.1. The van der Waals surface area contributed by atoms with Crippen molar-refractivity contribution in [2.24, 2.45) is 0 Å². The molecule has 0 spiro atoms. The molecule has 1 N–H and O–H groups in total. The first kappa shape index (κ1) is 22.3. The number of rotatable bonds is 6. The first-order valence-corrected chi connectivity index (χ1v) is 10.7. The van der Waals surface area contributed by atoms with E-state index in [9.17, 15) is 19.7 Å². The molecule has 0 aliphatic rings. The van der Waals surface area contributed by atoms with Crippen LogP contribution in [-0.2, 0) is 0 Å². The Kier molecular flexibility index (Phi) is 6.25. The second-order valence-corrected chi connectivity index (χ2v) is 8.31. The number of halogens is 1. The number of thiazole rings is 1. The second-order valence-electron chi connectivity index (χ2n) is 6.79. The number of Topliss-reactive ketones (excluding diaryl/α,β-unsaturated/α-hetero) is 1. The molecule has 0 fully saturated rings. The molecule has 0 unspecified atom stereocenters. The van der Waals surface area contributed by atoms with Crippen LogP contribution in [0.5, 0.6) is 5.75 Å². The lowest BCUT2D eigenvalue weighted by molar-refractivity contribution is -0.384. The standard InChI is InChI=1S/C23H15ClN2O6S/c1-31-15-5-2-13(3-6-15)19(27)12-22-25-23(28)21(33-22)11-16-7-9-20(32-16)17-8-4-14(24)10-18(17)26(29)30/h2-12H,1H3,(H,25,28)/b21-11+,22-12+. The van der Waals surface area contributed by atoms with Gasteiger partial charge in [0.15, 0.2) is 5.78 Å².